The second kappa shape index (κ2) is 7.36. The van der Waals surface area contributed by atoms with Gasteiger partial charge in [0.15, 0.2) is 5.52 Å². The molecule has 0 saturated carbocycles. The zero-order valence-electron chi connectivity index (χ0n) is 14.5. The van der Waals surface area contributed by atoms with Crippen molar-refractivity contribution in [2.75, 3.05) is 26.2 Å². The number of aliphatic hydroxyl groups is 1. The minimum Gasteiger partial charge on any atom is -0.395 e. The molecule has 9 heteroatoms. The van der Waals surface area contributed by atoms with E-state index in [2.05, 4.69) is 19.9 Å². The van der Waals surface area contributed by atoms with Gasteiger partial charge >= 0.3 is 0 Å². The number of sulfonamides is 1. The van der Waals surface area contributed by atoms with E-state index in [1.807, 2.05) is 6.92 Å². The number of nitrogens with one attached hydrogen (secondary N) is 1. The van der Waals surface area contributed by atoms with Crippen LogP contribution in [0.4, 0.5) is 0 Å². The summed E-state index contributed by atoms with van der Waals surface area (Å²) in [6, 6.07) is 1.89. The van der Waals surface area contributed by atoms with Crippen molar-refractivity contribution in [3.63, 3.8) is 0 Å². The van der Waals surface area contributed by atoms with E-state index in [-0.39, 0.29) is 29.6 Å². The molecule has 138 valence electrons. The number of hydrogen-bond donors (Lipinski definition) is 2. The third-order valence-corrected chi connectivity index (χ3v) is 6.42. The summed E-state index contributed by atoms with van der Waals surface area (Å²) < 4.78 is 32.9. The normalized spacial score (nSPS) is 19.6. The third-order valence-electron chi connectivity index (χ3n) is 4.79. The molecule has 0 bridgehead atoms. The number of hydrogen-bond acceptors (Lipinski definition) is 7. The van der Waals surface area contributed by atoms with E-state index in [0.717, 1.165) is 31.4 Å². The van der Waals surface area contributed by atoms with Crippen LogP contribution < -0.4 is 4.72 Å². The van der Waals surface area contributed by atoms with Crippen LogP contribution in [0.2, 0.25) is 0 Å². The Morgan fingerprint density at radius 1 is 1.28 bits per heavy atom. The van der Waals surface area contributed by atoms with Gasteiger partial charge in [-0.05, 0) is 54.7 Å². The molecule has 1 aliphatic rings. The first-order valence-electron chi connectivity index (χ1n) is 8.51. The molecule has 0 amide bonds. The first kappa shape index (κ1) is 18.2. The Balaban J connectivity index is 1.76. The number of piperidine rings is 1. The van der Waals surface area contributed by atoms with Gasteiger partial charge in [0.25, 0.3) is 0 Å². The summed E-state index contributed by atoms with van der Waals surface area (Å²) in [6.07, 6.45) is 3.13. The van der Waals surface area contributed by atoms with Crippen LogP contribution >= 0.6 is 0 Å². The molecule has 1 atom stereocenters. The molecule has 0 aliphatic carbocycles. The van der Waals surface area contributed by atoms with Gasteiger partial charge in [-0.2, -0.15) is 0 Å². The van der Waals surface area contributed by atoms with Crippen molar-refractivity contribution in [1.29, 1.82) is 0 Å². The van der Waals surface area contributed by atoms with Gasteiger partial charge in [-0.15, -0.1) is 0 Å². The van der Waals surface area contributed by atoms with Crippen LogP contribution in [0, 0.1) is 13.8 Å². The summed E-state index contributed by atoms with van der Waals surface area (Å²) in [7, 11) is -3.73. The van der Waals surface area contributed by atoms with Gasteiger partial charge in [0.2, 0.25) is 10.0 Å². The number of likely N-dealkylation sites (tertiary alicyclic amines) is 1. The highest BCUT2D eigenvalue weighted by Crippen LogP contribution is 2.26. The fourth-order valence-corrected chi connectivity index (χ4v) is 4.91. The van der Waals surface area contributed by atoms with E-state index in [9.17, 15) is 13.5 Å². The Morgan fingerprint density at radius 3 is 2.80 bits per heavy atom. The highest BCUT2D eigenvalue weighted by Gasteiger charge is 2.26. The first-order chi connectivity index (χ1) is 11.9. The van der Waals surface area contributed by atoms with E-state index < -0.39 is 10.0 Å². The van der Waals surface area contributed by atoms with Crippen LogP contribution in [0.25, 0.3) is 11.0 Å². The summed E-state index contributed by atoms with van der Waals surface area (Å²) in [6.45, 7) is 5.41. The second-order valence-electron chi connectivity index (χ2n) is 6.57. The van der Waals surface area contributed by atoms with Crippen molar-refractivity contribution in [2.45, 2.75) is 44.0 Å². The Kier molecular flexibility index (Phi) is 5.38. The molecule has 1 aromatic heterocycles. The summed E-state index contributed by atoms with van der Waals surface area (Å²) in [4.78, 5) is 2.26. The van der Waals surface area contributed by atoms with Gasteiger partial charge in [-0.25, -0.2) is 17.8 Å². The van der Waals surface area contributed by atoms with E-state index in [4.69, 9.17) is 4.63 Å². The third kappa shape index (κ3) is 3.69. The lowest BCUT2D eigenvalue weighted by Gasteiger charge is -2.34. The van der Waals surface area contributed by atoms with E-state index in [0.29, 0.717) is 17.6 Å². The van der Waals surface area contributed by atoms with E-state index >= 15 is 0 Å². The molecule has 1 fully saturated rings. The zero-order chi connectivity index (χ0) is 18.0. The van der Waals surface area contributed by atoms with Gasteiger partial charge in [-0.1, -0.05) is 12.5 Å². The number of fused-ring (bicyclic) bond motifs is 1. The molecular formula is C16H24N4O4S. The van der Waals surface area contributed by atoms with Crippen LogP contribution in [0.1, 0.15) is 30.4 Å². The quantitative estimate of drug-likeness (QED) is 0.782. The minimum atomic E-state index is -3.73. The number of aryl methyl sites for hydroxylation is 2. The summed E-state index contributed by atoms with van der Waals surface area (Å²) >= 11 is 0. The van der Waals surface area contributed by atoms with Crippen molar-refractivity contribution in [3.05, 3.63) is 17.2 Å². The largest absolute Gasteiger partial charge is 0.395 e. The van der Waals surface area contributed by atoms with Crippen molar-refractivity contribution in [2.24, 2.45) is 0 Å². The number of aromatic nitrogens is 2. The second-order valence-corrected chi connectivity index (χ2v) is 8.27. The van der Waals surface area contributed by atoms with E-state index in [1.54, 1.807) is 13.0 Å². The van der Waals surface area contributed by atoms with Crippen LogP contribution in [-0.4, -0.2) is 61.0 Å². The molecule has 2 N–H and O–H groups in total. The Morgan fingerprint density at radius 2 is 2.04 bits per heavy atom. The first-order valence-corrected chi connectivity index (χ1v) is 9.99. The van der Waals surface area contributed by atoms with Gasteiger partial charge in [-0.3, -0.25) is 4.90 Å². The number of rotatable bonds is 6. The average Bonchev–Trinajstić information content (AvgIpc) is 3.04. The molecule has 2 heterocycles. The fraction of sp³-hybridized carbons (Fsp3) is 0.625. The Hall–Kier alpha value is -1.55. The predicted octanol–water partition coefficient (Wildman–Crippen LogP) is 0.965. The van der Waals surface area contributed by atoms with Crippen LogP contribution in [0.3, 0.4) is 0 Å². The van der Waals surface area contributed by atoms with Crippen molar-refractivity contribution < 1.29 is 18.2 Å². The van der Waals surface area contributed by atoms with Crippen LogP contribution in [-0.2, 0) is 10.0 Å². The van der Waals surface area contributed by atoms with E-state index in [1.165, 1.54) is 0 Å². The summed E-state index contributed by atoms with van der Waals surface area (Å²) in [5.74, 6) is 0. The molecule has 1 aromatic carbocycles. The minimum absolute atomic E-state index is 0.106. The maximum Gasteiger partial charge on any atom is 0.243 e. The number of nitrogens with zero attached hydrogens (tertiary/aromatic N) is 3. The maximum atomic E-state index is 12.8. The SMILES string of the molecule is Cc1cc(C)c2nonc2c1S(=O)(=O)NCCN1CCCC[C@@H]1CO. The topological polar surface area (TPSA) is 109 Å². The lowest BCUT2D eigenvalue weighted by Crippen LogP contribution is -2.45. The van der Waals surface area contributed by atoms with Gasteiger partial charge in [0.05, 0.1) is 6.61 Å². The average molecular weight is 368 g/mol. The summed E-state index contributed by atoms with van der Waals surface area (Å²) in [5.41, 5.74) is 2.16. The monoisotopic (exact) mass is 368 g/mol. The van der Waals surface area contributed by atoms with Crippen LogP contribution in [0.5, 0.6) is 0 Å². The lowest BCUT2D eigenvalue weighted by molar-refractivity contribution is 0.0923. The molecule has 0 unspecified atom stereocenters. The maximum absolute atomic E-state index is 12.8. The number of aliphatic hydroxyl groups excluding tert-OH is 1. The molecule has 0 radical (unpaired) electrons. The Bertz CT molecular complexity index is 849. The molecule has 1 aliphatic heterocycles. The number of benzene rings is 1. The van der Waals surface area contributed by atoms with Gasteiger partial charge in [0, 0.05) is 19.1 Å². The van der Waals surface area contributed by atoms with Crippen LogP contribution in [0.15, 0.2) is 15.6 Å². The molecule has 3 rings (SSSR count). The smallest absolute Gasteiger partial charge is 0.243 e. The van der Waals surface area contributed by atoms with Gasteiger partial charge < -0.3 is 5.11 Å². The molecule has 2 aromatic rings. The molecule has 1 saturated heterocycles. The van der Waals surface area contributed by atoms with Crippen molar-refractivity contribution in [3.8, 4) is 0 Å². The lowest BCUT2D eigenvalue weighted by atomic mass is 10.0. The molecular weight excluding hydrogens is 344 g/mol. The fourth-order valence-electron chi connectivity index (χ4n) is 3.54. The van der Waals surface area contributed by atoms with Gasteiger partial charge in [0.1, 0.15) is 10.4 Å². The highest BCUT2D eigenvalue weighted by atomic mass is 32.2. The molecule has 8 nitrogen and oxygen atoms in total. The standard InChI is InChI=1S/C16H24N4O4S/c1-11-9-12(2)16(15-14(11)18-24-19-15)25(22,23)17-6-8-20-7-4-3-5-13(20)10-21/h9,13,17,21H,3-8,10H2,1-2H3/t13-/m1/s1. The molecule has 0 spiro atoms. The summed E-state index contributed by atoms with van der Waals surface area (Å²) in [5, 5.41) is 17.0. The Labute approximate surface area is 147 Å². The van der Waals surface area contributed by atoms with Crippen molar-refractivity contribution >= 4 is 21.1 Å². The predicted molar refractivity (Wildman–Crippen MR) is 92.8 cm³/mol. The zero-order valence-corrected chi connectivity index (χ0v) is 15.3. The highest BCUT2D eigenvalue weighted by molar-refractivity contribution is 7.89. The molecule has 25 heavy (non-hydrogen) atoms. The van der Waals surface area contributed by atoms with Crippen molar-refractivity contribution in [1.82, 2.24) is 19.9 Å².